The van der Waals surface area contributed by atoms with Crippen LogP contribution in [0.2, 0.25) is 5.15 Å². The number of halogens is 2. The molecule has 5 heteroatoms. The second-order valence-electron chi connectivity index (χ2n) is 4.00. The van der Waals surface area contributed by atoms with E-state index in [4.69, 9.17) is 11.6 Å². The Bertz CT molecular complexity index is 407. The van der Waals surface area contributed by atoms with Crippen molar-refractivity contribution in [3.63, 3.8) is 0 Å². The summed E-state index contributed by atoms with van der Waals surface area (Å²) >= 11 is 9.13. The fourth-order valence-corrected chi connectivity index (χ4v) is 2.13. The summed E-state index contributed by atoms with van der Waals surface area (Å²) in [5.74, 6) is 0.494. The number of pyridine rings is 1. The molecule has 0 saturated heterocycles. The Labute approximate surface area is 108 Å². The standard InChI is InChI=1S/C11H12BrClN2O/c12-8-4-9(10(13)14-6-8)11(16)15-5-7-2-1-3-7/h4,6-7H,1-3,5H2,(H,15,16). The maximum atomic E-state index is 11.8. The van der Waals surface area contributed by atoms with Gasteiger partial charge in [-0.2, -0.15) is 0 Å². The van der Waals surface area contributed by atoms with Crippen molar-refractivity contribution in [3.8, 4) is 0 Å². The van der Waals surface area contributed by atoms with E-state index in [-0.39, 0.29) is 11.1 Å². The molecule has 0 atom stereocenters. The molecule has 0 radical (unpaired) electrons. The number of aromatic nitrogens is 1. The molecule has 1 aromatic heterocycles. The Morgan fingerprint density at radius 1 is 1.62 bits per heavy atom. The molecule has 0 aliphatic heterocycles. The van der Waals surface area contributed by atoms with Crippen LogP contribution in [0.5, 0.6) is 0 Å². The van der Waals surface area contributed by atoms with Crippen LogP contribution in [-0.4, -0.2) is 17.4 Å². The van der Waals surface area contributed by atoms with Crippen molar-refractivity contribution in [2.24, 2.45) is 5.92 Å². The van der Waals surface area contributed by atoms with Crippen molar-refractivity contribution < 1.29 is 4.79 Å². The fourth-order valence-electron chi connectivity index (χ4n) is 1.61. The number of carbonyl (C=O) groups excluding carboxylic acids is 1. The maximum absolute atomic E-state index is 11.8. The minimum absolute atomic E-state index is 0.147. The molecular formula is C11H12BrClN2O. The van der Waals surface area contributed by atoms with Crippen molar-refractivity contribution in [1.82, 2.24) is 10.3 Å². The van der Waals surface area contributed by atoms with Crippen LogP contribution in [0.1, 0.15) is 29.6 Å². The summed E-state index contributed by atoms with van der Waals surface area (Å²) in [5.41, 5.74) is 0.426. The van der Waals surface area contributed by atoms with Gasteiger partial charge >= 0.3 is 0 Å². The minimum Gasteiger partial charge on any atom is -0.352 e. The summed E-state index contributed by atoms with van der Waals surface area (Å²) < 4.78 is 0.755. The topological polar surface area (TPSA) is 42.0 Å². The second kappa shape index (κ2) is 5.15. The number of hydrogen-bond acceptors (Lipinski definition) is 2. The SMILES string of the molecule is O=C(NCC1CCC1)c1cc(Br)cnc1Cl. The van der Waals surface area contributed by atoms with E-state index in [2.05, 4.69) is 26.2 Å². The third kappa shape index (κ3) is 2.74. The second-order valence-corrected chi connectivity index (χ2v) is 5.27. The molecule has 86 valence electrons. The molecular weight excluding hydrogens is 291 g/mol. The maximum Gasteiger partial charge on any atom is 0.254 e. The largest absolute Gasteiger partial charge is 0.352 e. The van der Waals surface area contributed by atoms with Crippen LogP contribution in [0.4, 0.5) is 0 Å². The zero-order valence-corrected chi connectivity index (χ0v) is 11.0. The predicted molar refractivity (Wildman–Crippen MR) is 66.6 cm³/mol. The van der Waals surface area contributed by atoms with Gasteiger partial charge in [0.15, 0.2) is 0 Å². The van der Waals surface area contributed by atoms with Gasteiger partial charge in [-0.05, 0) is 40.8 Å². The fraction of sp³-hybridized carbons (Fsp3) is 0.455. The zero-order valence-electron chi connectivity index (χ0n) is 8.67. The van der Waals surface area contributed by atoms with Crippen LogP contribution in [0.3, 0.4) is 0 Å². The van der Waals surface area contributed by atoms with Crippen molar-refractivity contribution in [2.75, 3.05) is 6.54 Å². The van der Waals surface area contributed by atoms with Crippen LogP contribution in [-0.2, 0) is 0 Å². The Morgan fingerprint density at radius 3 is 3.00 bits per heavy atom. The van der Waals surface area contributed by atoms with E-state index in [9.17, 15) is 4.79 Å². The lowest BCUT2D eigenvalue weighted by molar-refractivity contribution is 0.0939. The molecule has 1 aliphatic carbocycles. The van der Waals surface area contributed by atoms with Crippen molar-refractivity contribution in [1.29, 1.82) is 0 Å². The van der Waals surface area contributed by atoms with Gasteiger partial charge in [-0.15, -0.1) is 0 Å². The highest BCUT2D eigenvalue weighted by molar-refractivity contribution is 9.10. The van der Waals surface area contributed by atoms with E-state index in [1.54, 1.807) is 12.3 Å². The first-order valence-electron chi connectivity index (χ1n) is 5.26. The van der Waals surface area contributed by atoms with Gasteiger partial charge < -0.3 is 5.32 Å². The van der Waals surface area contributed by atoms with Crippen LogP contribution < -0.4 is 5.32 Å². The molecule has 1 amide bonds. The van der Waals surface area contributed by atoms with Crippen LogP contribution in [0.25, 0.3) is 0 Å². The molecule has 0 bridgehead atoms. The van der Waals surface area contributed by atoms with Gasteiger partial charge in [-0.25, -0.2) is 4.98 Å². The lowest BCUT2D eigenvalue weighted by Gasteiger charge is -2.25. The summed E-state index contributed by atoms with van der Waals surface area (Å²) in [7, 11) is 0. The summed E-state index contributed by atoms with van der Waals surface area (Å²) in [4.78, 5) is 15.7. The Hall–Kier alpha value is -0.610. The number of nitrogens with one attached hydrogen (secondary N) is 1. The quantitative estimate of drug-likeness (QED) is 0.872. The molecule has 0 unspecified atom stereocenters. The molecule has 1 saturated carbocycles. The third-order valence-corrected chi connectivity index (χ3v) is 3.56. The molecule has 1 N–H and O–H groups in total. The molecule has 0 aromatic carbocycles. The summed E-state index contributed by atoms with van der Waals surface area (Å²) in [5, 5.41) is 3.13. The van der Waals surface area contributed by atoms with E-state index >= 15 is 0 Å². The van der Waals surface area contributed by atoms with Crippen LogP contribution >= 0.6 is 27.5 Å². The van der Waals surface area contributed by atoms with E-state index in [1.807, 2.05) is 0 Å². The highest BCUT2D eigenvalue weighted by Crippen LogP contribution is 2.25. The number of nitrogens with zero attached hydrogens (tertiary/aromatic N) is 1. The first-order valence-corrected chi connectivity index (χ1v) is 6.43. The van der Waals surface area contributed by atoms with Crippen molar-refractivity contribution in [2.45, 2.75) is 19.3 Å². The Balaban J connectivity index is 1.99. The summed E-state index contributed by atoms with van der Waals surface area (Å²) in [6, 6.07) is 1.69. The van der Waals surface area contributed by atoms with Gasteiger partial charge in [0.2, 0.25) is 0 Å². The highest BCUT2D eigenvalue weighted by atomic mass is 79.9. The zero-order chi connectivity index (χ0) is 11.5. The lowest BCUT2D eigenvalue weighted by atomic mass is 9.85. The lowest BCUT2D eigenvalue weighted by Crippen LogP contribution is -2.32. The molecule has 0 spiro atoms. The van der Waals surface area contributed by atoms with Gasteiger partial charge in [-0.1, -0.05) is 18.0 Å². The molecule has 1 fully saturated rings. The molecule has 3 nitrogen and oxygen atoms in total. The minimum atomic E-state index is -0.147. The summed E-state index contributed by atoms with van der Waals surface area (Å²) in [6.45, 7) is 0.738. The number of rotatable bonds is 3. The smallest absolute Gasteiger partial charge is 0.254 e. The molecule has 2 rings (SSSR count). The highest BCUT2D eigenvalue weighted by Gasteiger charge is 2.19. The van der Waals surface area contributed by atoms with E-state index < -0.39 is 0 Å². The average molecular weight is 304 g/mol. The first kappa shape index (κ1) is 11.9. The number of carbonyl (C=O) groups is 1. The van der Waals surface area contributed by atoms with Gasteiger partial charge in [0.1, 0.15) is 5.15 Å². The van der Waals surface area contributed by atoms with Crippen molar-refractivity contribution >= 4 is 33.4 Å². The number of amides is 1. The molecule has 16 heavy (non-hydrogen) atoms. The Kier molecular flexibility index (Phi) is 3.82. The van der Waals surface area contributed by atoms with E-state index in [0.717, 1.165) is 11.0 Å². The predicted octanol–water partition coefficient (Wildman–Crippen LogP) is 3.03. The monoisotopic (exact) mass is 302 g/mol. The van der Waals surface area contributed by atoms with Crippen molar-refractivity contribution in [3.05, 3.63) is 27.5 Å². The van der Waals surface area contributed by atoms with Gasteiger partial charge in [0, 0.05) is 17.2 Å². The normalized spacial score (nSPS) is 15.6. The summed E-state index contributed by atoms with van der Waals surface area (Å²) in [6.07, 6.45) is 5.28. The third-order valence-electron chi connectivity index (χ3n) is 2.83. The number of hydrogen-bond donors (Lipinski definition) is 1. The van der Waals surface area contributed by atoms with E-state index in [0.29, 0.717) is 11.5 Å². The van der Waals surface area contributed by atoms with Gasteiger partial charge in [0.25, 0.3) is 5.91 Å². The molecule has 1 heterocycles. The van der Waals surface area contributed by atoms with Gasteiger partial charge in [-0.3, -0.25) is 4.79 Å². The molecule has 1 aromatic rings. The Morgan fingerprint density at radius 2 is 2.38 bits per heavy atom. The average Bonchev–Trinajstić information content (AvgIpc) is 2.19. The van der Waals surface area contributed by atoms with Crippen LogP contribution in [0.15, 0.2) is 16.7 Å². The van der Waals surface area contributed by atoms with Gasteiger partial charge in [0.05, 0.1) is 5.56 Å². The molecule has 1 aliphatic rings. The van der Waals surface area contributed by atoms with E-state index in [1.165, 1.54) is 19.3 Å². The first-order chi connectivity index (χ1) is 7.66. The van der Waals surface area contributed by atoms with Crippen LogP contribution in [0, 0.1) is 5.92 Å².